The average molecular weight is 460 g/mol. The van der Waals surface area contributed by atoms with Crippen molar-refractivity contribution in [2.24, 2.45) is 11.1 Å². The molecule has 8 heteroatoms. The SMILES string of the molecule is COc1ccc(S(=O)(=O)NCC(C)(C)CCC#N)c(C[C@@H](O)[C@@H](N)Cc2ccccc2)c1. The van der Waals surface area contributed by atoms with E-state index in [0.717, 1.165) is 5.56 Å². The van der Waals surface area contributed by atoms with Gasteiger partial charge < -0.3 is 15.6 Å². The summed E-state index contributed by atoms with van der Waals surface area (Å²) in [5.41, 5.74) is 7.28. The molecule has 4 N–H and O–H groups in total. The molecule has 0 aliphatic heterocycles. The number of sulfonamides is 1. The van der Waals surface area contributed by atoms with E-state index >= 15 is 0 Å². The summed E-state index contributed by atoms with van der Waals surface area (Å²) in [6.07, 6.45) is 0.532. The summed E-state index contributed by atoms with van der Waals surface area (Å²) in [5, 5.41) is 19.5. The summed E-state index contributed by atoms with van der Waals surface area (Å²) in [7, 11) is -2.34. The predicted molar refractivity (Wildman–Crippen MR) is 125 cm³/mol. The first-order chi connectivity index (χ1) is 15.1. The maximum Gasteiger partial charge on any atom is 0.240 e. The third kappa shape index (κ3) is 7.61. The van der Waals surface area contributed by atoms with Crippen molar-refractivity contribution < 1.29 is 18.3 Å². The molecule has 0 saturated carbocycles. The Morgan fingerprint density at radius 2 is 1.88 bits per heavy atom. The fraction of sp³-hybridized carbons (Fsp3) is 0.458. The highest BCUT2D eigenvalue weighted by Gasteiger charge is 2.26. The van der Waals surface area contributed by atoms with Gasteiger partial charge in [0, 0.05) is 25.4 Å². The zero-order chi connectivity index (χ0) is 23.8. The lowest BCUT2D eigenvalue weighted by Crippen LogP contribution is -2.39. The number of hydrogen-bond donors (Lipinski definition) is 3. The molecule has 0 bridgehead atoms. The number of aliphatic hydroxyl groups is 1. The number of nitriles is 1. The topological polar surface area (TPSA) is 125 Å². The molecule has 0 fully saturated rings. The van der Waals surface area contributed by atoms with E-state index in [-0.39, 0.29) is 23.3 Å². The van der Waals surface area contributed by atoms with Gasteiger partial charge in [-0.3, -0.25) is 0 Å². The molecular formula is C24H33N3O4S. The lowest BCUT2D eigenvalue weighted by molar-refractivity contribution is 0.143. The zero-order valence-corrected chi connectivity index (χ0v) is 19.7. The van der Waals surface area contributed by atoms with Gasteiger partial charge in [0.05, 0.1) is 24.2 Å². The van der Waals surface area contributed by atoms with Gasteiger partial charge in [-0.15, -0.1) is 0 Å². The van der Waals surface area contributed by atoms with Gasteiger partial charge >= 0.3 is 0 Å². The summed E-state index contributed by atoms with van der Waals surface area (Å²) < 4.78 is 34.1. The molecule has 0 aromatic heterocycles. The van der Waals surface area contributed by atoms with E-state index in [4.69, 9.17) is 15.7 Å². The first kappa shape index (κ1) is 25.8. The first-order valence-corrected chi connectivity index (χ1v) is 12.1. The van der Waals surface area contributed by atoms with Crippen molar-refractivity contribution in [3.63, 3.8) is 0 Å². The molecule has 2 atom stereocenters. The fourth-order valence-corrected chi connectivity index (χ4v) is 4.83. The van der Waals surface area contributed by atoms with E-state index < -0.39 is 22.2 Å². The minimum absolute atomic E-state index is 0.0687. The number of aliphatic hydroxyl groups excluding tert-OH is 1. The number of hydrogen-bond acceptors (Lipinski definition) is 6. The quantitative estimate of drug-likeness (QED) is 0.448. The largest absolute Gasteiger partial charge is 0.497 e. The van der Waals surface area contributed by atoms with Crippen LogP contribution in [0.15, 0.2) is 53.4 Å². The molecule has 0 unspecified atom stereocenters. The Kier molecular flexibility index (Phi) is 9.22. The van der Waals surface area contributed by atoms with Crippen LogP contribution in [0.5, 0.6) is 5.75 Å². The van der Waals surface area contributed by atoms with Gasteiger partial charge in [-0.2, -0.15) is 5.26 Å². The molecule has 0 amide bonds. The first-order valence-electron chi connectivity index (χ1n) is 10.6. The van der Waals surface area contributed by atoms with Crippen LogP contribution in [0.2, 0.25) is 0 Å². The highest BCUT2D eigenvalue weighted by atomic mass is 32.2. The number of benzene rings is 2. The van der Waals surface area contributed by atoms with Crippen molar-refractivity contribution in [1.82, 2.24) is 4.72 Å². The fourth-order valence-electron chi connectivity index (χ4n) is 3.35. The third-order valence-corrected chi connectivity index (χ3v) is 6.95. The zero-order valence-electron chi connectivity index (χ0n) is 18.9. The Morgan fingerprint density at radius 3 is 2.50 bits per heavy atom. The van der Waals surface area contributed by atoms with Gasteiger partial charge in [0.1, 0.15) is 5.75 Å². The van der Waals surface area contributed by atoms with Crippen LogP contribution in [0.4, 0.5) is 0 Å². The molecule has 174 valence electrons. The smallest absolute Gasteiger partial charge is 0.240 e. The van der Waals surface area contributed by atoms with Crippen molar-refractivity contribution >= 4 is 10.0 Å². The Bertz CT molecular complexity index is 1020. The molecule has 0 aliphatic rings. The predicted octanol–water partition coefficient (Wildman–Crippen LogP) is 2.78. The Labute approximate surface area is 191 Å². The van der Waals surface area contributed by atoms with Crippen LogP contribution in [0.1, 0.15) is 37.8 Å². The normalized spacial score (nSPS) is 13.9. The highest BCUT2D eigenvalue weighted by Crippen LogP contribution is 2.26. The number of nitrogens with two attached hydrogens (primary N) is 1. The third-order valence-electron chi connectivity index (χ3n) is 5.45. The van der Waals surface area contributed by atoms with Gasteiger partial charge in [0.15, 0.2) is 0 Å². The van der Waals surface area contributed by atoms with Crippen LogP contribution in [0.25, 0.3) is 0 Å². The molecule has 0 aliphatic carbocycles. The van der Waals surface area contributed by atoms with E-state index in [9.17, 15) is 13.5 Å². The molecule has 2 rings (SSSR count). The second-order valence-corrected chi connectivity index (χ2v) is 10.5. The van der Waals surface area contributed by atoms with Crippen molar-refractivity contribution in [1.29, 1.82) is 5.26 Å². The maximum atomic E-state index is 13.1. The number of nitrogens with one attached hydrogen (secondary N) is 1. The second-order valence-electron chi connectivity index (χ2n) is 8.75. The van der Waals surface area contributed by atoms with E-state index in [0.29, 0.717) is 30.6 Å². The molecule has 0 heterocycles. The Morgan fingerprint density at radius 1 is 1.19 bits per heavy atom. The van der Waals surface area contributed by atoms with Crippen LogP contribution in [-0.4, -0.2) is 39.3 Å². The van der Waals surface area contributed by atoms with E-state index in [1.54, 1.807) is 12.1 Å². The minimum Gasteiger partial charge on any atom is -0.497 e. The van der Waals surface area contributed by atoms with Crippen LogP contribution in [0, 0.1) is 16.7 Å². The number of nitrogens with zero attached hydrogens (tertiary/aromatic N) is 1. The van der Waals surface area contributed by atoms with Gasteiger partial charge in [0.25, 0.3) is 0 Å². The summed E-state index contributed by atoms with van der Waals surface area (Å²) in [4.78, 5) is 0.0837. The van der Waals surface area contributed by atoms with Gasteiger partial charge in [-0.05, 0) is 47.6 Å². The lowest BCUT2D eigenvalue weighted by atomic mass is 9.88. The molecule has 7 nitrogen and oxygen atoms in total. The highest BCUT2D eigenvalue weighted by molar-refractivity contribution is 7.89. The Hall–Kier alpha value is -2.44. The number of methoxy groups -OCH3 is 1. The Balaban J connectivity index is 2.20. The monoisotopic (exact) mass is 459 g/mol. The molecular weight excluding hydrogens is 426 g/mol. The van der Waals surface area contributed by atoms with Gasteiger partial charge in [-0.25, -0.2) is 13.1 Å². The standard InChI is InChI=1S/C24H33N3O4S/c1-24(2,12-7-13-25)17-27-32(29,30)23-11-10-20(31-3)15-19(23)16-22(28)21(26)14-18-8-5-4-6-9-18/h4-6,8-11,15,21-22,27-28H,7,12,14,16-17,26H2,1-3H3/t21-,22+/m0/s1. The van der Waals surface area contributed by atoms with Crippen molar-refractivity contribution in [3.8, 4) is 11.8 Å². The molecule has 0 saturated heterocycles. The van der Waals surface area contributed by atoms with Crippen LogP contribution < -0.4 is 15.2 Å². The van der Waals surface area contributed by atoms with Crippen molar-refractivity contribution in [2.45, 2.75) is 56.6 Å². The van der Waals surface area contributed by atoms with Crippen LogP contribution >= 0.6 is 0 Å². The summed E-state index contributed by atoms with van der Waals surface area (Å²) in [6.45, 7) is 4.01. The van der Waals surface area contributed by atoms with Crippen LogP contribution in [-0.2, 0) is 22.9 Å². The summed E-state index contributed by atoms with van der Waals surface area (Å²) in [6, 6.07) is 15.8. The number of ether oxygens (including phenoxy) is 1. The second kappa shape index (κ2) is 11.4. The molecule has 2 aromatic rings. The number of rotatable bonds is 12. The molecule has 32 heavy (non-hydrogen) atoms. The summed E-state index contributed by atoms with van der Waals surface area (Å²) in [5.74, 6) is 0.497. The minimum atomic E-state index is -3.84. The molecule has 0 radical (unpaired) electrons. The van der Waals surface area contributed by atoms with E-state index in [1.807, 2.05) is 44.2 Å². The van der Waals surface area contributed by atoms with Crippen molar-refractivity contribution in [2.75, 3.05) is 13.7 Å². The summed E-state index contributed by atoms with van der Waals surface area (Å²) >= 11 is 0. The molecule has 2 aromatic carbocycles. The van der Waals surface area contributed by atoms with E-state index in [2.05, 4.69) is 10.8 Å². The van der Waals surface area contributed by atoms with Crippen LogP contribution in [0.3, 0.4) is 0 Å². The van der Waals surface area contributed by atoms with Gasteiger partial charge in [0.2, 0.25) is 10.0 Å². The van der Waals surface area contributed by atoms with Crippen molar-refractivity contribution in [3.05, 3.63) is 59.7 Å². The van der Waals surface area contributed by atoms with Gasteiger partial charge in [-0.1, -0.05) is 44.2 Å². The lowest BCUT2D eigenvalue weighted by Gasteiger charge is -2.25. The molecule has 0 spiro atoms. The average Bonchev–Trinajstić information content (AvgIpc) is 2.77. The van der Waals surface area contributed by atoms with E-state index in [1.165, 1.54) is 13.2 Å². The maximum absolute atomic E-state index is 13.1.